The fourth-order valence-corrected chi connectivity index (χ4v) is 2.38. The third kappa shape index (κ3) is 3.95. The molecule has 0 bridgehead atoms. The molecular formula is C12H16N2O5S. The Morgan fingerprint density at radius 1 is 1.15 bits per heavy atom. The van der Waals surface area contributed by atoms with Gasteiger partial charge in [-0.1, -0.05) is 13.8 Å². The Hall–Kier alpha value is -2.09. The molecule has 20 heavy (non-hydrogen) atoms. The number of phenols is 1. The number of nitrogens with one attached hydrogen (secondary N) is 2. The Morgan fingerprint density at radius 2 is 1.75 bits per heavy atom. The largest absolute Gasteiger partial charge is 0.506 e. The first-order valence-electron chi connectivity index (χ1n) is 5.98. The van der Waals surface area contributed by atoms with Crippen molar-refractivity contribution >= 4 is 27.5 Å². The Balaban J connectivity index is 3.03. The zero-order valence-corrected chi connectivity index (χ0v) is 12.0. The van der Waals surface area contributed by atoms with Crippen LogP contribution in [-0.4, -0.2) is 25.3 Å². The summed E-state index contributed by atoms with van der Waals surface area (Å²) in [5.41, 5.74) is 0.109. The van der Waals surface area contributed by atoms with Crippen LogP contribution >= 0.6 is 0 Å². The summed E-state index contributed by atoms with van der Waals surface area (Å²) in [4.78, 5) is 22.1. The van der Waals surface area contributed by atoms with Crippen molar-refractivity contribution in [3.63, 3.8) is 0 Å². The van der Waals surface area contributed by atoms with E-state index < -0.39 is 21.7 Å². The van der Waals surface area contributed by atoms with E-state index in [4.69, 9.17) is 0 Å². The van der Waals surface area contributed by atoms with Crippen LogP contribution in [0.15, 0.2) is 23.1 Å². The second-order valence-electron chi connectivity index (χ2n) is 3.96. The van der Waals surface area contributed by atoms with Crippen LogP contribution in [-0.2, 0) is 19.6 Å². The summed E-state index contributed by atoms with van der Waals surface area (Å²) in [5, 5.41) is 12.1. The van der Waals surface area contributed by atoms with Crippen molar-refractivity contribution in [2.24, 2.45) is 0 Å². The Bertz CT molecular complexity index is 625. The number of anilines is 1. The van der Waals surface area contributed by atoms with Gasteiger partial charge in [-0.25, -0.2) is 13.1 Å². The van der Waals surface area contributed by atoms with E-state index in [1.54, 1.807) is 6.92 Å². The summed E-state index contributed by atoms with van der Waals surface area (Å²) in [7, 11) is -4.02. The van der Waals surface area contributed by atoms with Crippen LogP contribution < -0.4 is 10.0 Å². The summed E-state index contributed by atoms with van der Waals surface area (Å²) in [6.07, 6.45) is 0.252. The zero-order chi connectivity index (χ0) is 15.3. The van der Waals surface area contributed by atoms with Crippen LogP contribution in [0, 0.1) is 0 Å². The van der Waals surface area contributed by atoms with Gasteiger partial charge in [0.25, 0.3) is 10.0 Å². The Morgan fingerprint density at radius 3 is 2.25 bits per heavy atom. The van der Waals surface area contributed by atoms with E-state index in [0.717, 1.165) is 6.07 Å². The molecule has 7 nitrogen and oxygen atoms in total. The quantitative estimate of drug-likeness (QED) is 0.701. The van der Waals surface area contributed by atoms with Crippen molar-refractivity contribution in [3.05, 3.63) is 18.2 Å². The van der Waals surface area contributed by atoms with Gasteiger partial charge in [-0.05, 0) is 12.1 Å². The van der Waals surface area contributed by atoms with Crippen LogP contribution in [0.5, 0.6) is 5.75 Å². The molecule has 0 fully saturated rings. The average molecular weight is 300 g/mol. The van der Waals surface area contributed by atoms with Crippen molar-refractivity contribution in [1.29, 1.82) is 0 Å². The molecule has 0 unspecified atom stereocenters. The van der Waals surface area contributed by atoms with Crippen molar-refractivity contribution in [2.75, 3.05) is 5.32 Å². The summed E-state index contributed by atoms with van der Waals surface area (Å²) in [6, 6.07) is 3.42. The first-order valence-corrected chi connectivity index (χ1v) is 7.47. The SMILES string of the molecule is CCC(=O)Nc1ccc(S(=O)(=O)NC(=O)CC)cc1O. The van der Waals surface area contributed by atoms with Gasteiger partial charge in [0.1, 0.15) is 5.75 Å². The lowest BCUT2D eigenvalue weighted by atomic mass is 10.3. The van der Waals surface area contributed by atoms with Crippen LogP contribution in [0.4, 0.5) is 5.69 Å². The van der Waals surface area contributed by atoms with E-state index in [1.165, 1.54) is 19.1 Å². The molecule has 0 saturated heterocycles. The van der Waals surface area contributed by atoms with Gasteiger partial charge in [-0.3, -0.25) is 9.59 Å². The van der Waals surface area contributed by atoms with Gasteiger partial charge >= 0.3 is 0 Å². The van der Waals surface area contributed by atoms with Crippen molar-refractivity contribution in [1.82, 2.24) is 4.72 Å². The summed E-state index contributed by atoms with van der Waals surface area (Å²) < 4.78 is 25.5. The lowest BCUT2D eigenvalue weighted by Crippen LogP contribution is -2.29. The highest BCUT2D eigenvalue weighted by Crippen LogP contribution is 2.26. The van der Waals surface area contributed by atoms with Gasteiger partial charge in [0, 0.05) is 18.9 Å². The number of phenolic OH excluding ortho intramolecular Hbond substituents is 1. The topological polar surface area (TPSA) is 113 Å². The molecule has 2 amide bonds. The lowest BCUT2D eigenvalue weighted by molar-refractivity contribution is -0.119. The smallest absolute Gasteiger partial charge is 0.264 e. The lowest BCUT2D eigenvalue weighted by Gasteiger charge is -2.09. The molecule has 8 heteroatoms. The van der Waals surface area contributed by atoms with Gasteiger partial charge in [0.2, 0.25) is 11.8 Å². The minimum Gasteiger partial charge on any atom is -0.506 e. The fraction of sp³-hybridized carbons (Fsp3) is 0.333. The van der Waals surface area contributed by atoms with E-state index in [2.05, 4.69) is 5.32 Å². The molecule has 0 aromatic heterocycles. The van der Waals surface area contributed by atoms with Crippen LogP contribution in [0.2, 0.25) is 0 Å². The van der Waals surface area contributed by atoms with Gasteiger partial charge in [-0.15, -0.1) is 0 Å². The van der Waals surface area contributed by atoms with Crippen molar-refractivity contribution in [3.8, 4) is 5.75 Å². The van der Waals surface area contributed by atoms with E-state index in [9.17, 15) is 23.1 Å². The molecule has 110 valence electrons. The van der Waals surface area contributed by atoms with Gasteiger partial charge in [0.15, 0.2) is 0 Å². The maximum atomic E-state index is 11.8. The standard InChI is InChI=1S/C12H16N2O5S/c1-3-11(16)13-9-6-5-8(7-10(9)15)20(18,19)14-12(17)4-2/h5-7,15H,3-4H2,1-2H3,(H,13,16)(H,14,17). The summed E-state index contributed by atoms with van der Waals surface area (Å²) >= 11 is 0. The highest BCUT2D eigenvalue weighted by molar-refractivity contribution is 7.90. The average Bonchev–Trinajstić information content (AvgIpc) is 2.40. The number of rotatable bonds is 5. The zero-order valence-electron chi connectivity index (χ0n) is 11.1. The molecule has 0 aliphatic carbocycles. The molecule has 0 aliphatic heterocycles. The molecule has 1 aromatic carbocycles. The number of carbonyl (C=O) groups excluding carboxylic acids is 2. The monoisotopic (exact) mass is 300 g/mol. The number of benzene rings is 1. The first-order chi connectivity index (χ1) is 9.30. The molecule has 0 heterocycles. The normalized spacial score (nSPS) is 10.9. The number of amides is 2. The molecule has 0 spiro atoms. The molecule has 3 N–H and O–H groups in total. The van der Waals surface area contributed by atoms with Gasteiger partial charge in [-0.2, -0.15) is 0 Å². The first kappa shape index (κ1) is 16.0. The second kappa shape index (κ2) is 6.38. The van der Waals surface area contributed by atoms with Gasteiger partial charge in [0.05, 0.1) is 10.6 Å². The summed E-state index contributed by atoms with van der Waals surface area (Å²) in [5.74, 6) is -1.35. The third-order valence-electron chi connectivity index (χ3n) is 2.44. The van der Waals surface area contributed by atoms with Gasteiger partial charge < -0.3 is 10.4 Å². The maximum Gasteiger partial charge on any atom is 0.264 e. The number of hydrogen-bond donors (Lipinski definition) is 3. The third-order valence-corrected chi connectivity index (χ3v) is 3.81. The highest BCUT2D eigenvalue weighted by Gasteiger charge is 2.18. The van der Waals surface area contributed by atoms with E-state index in [1.807, 2.05) is 4.72 Å². The predicted molar refractivity (Wildman–Crippen MR) is 72.6 cm³/mol. The van der Waals surface area contributed by atoms with E-state index in [-0.39, 0.29) is 29.3 Å². The number of carbonyl (C=O) groups is 2. The van der Waals surface area contributed by atoms with Crippen LogP contribution in [0.3, 0.4) is 0 Å². The van der Waals surface area contributed by atoms with Crippen molar-refractivity contribution < 1.29 is 23.1 Å². The van der Waals surface area contributed by atoms with Crippen molar-refractivity contribution in [2.45, 2.75) is 31.6 Å². The Kier molecular flexibility index (Phi) is 5.09. The number of aromatic hydroxyl groups is 1. The van der Waals surface area contributed by atoms with Crippen LogP contribution in [0.25, 0.3) is 0 Å². The Labute approximate surface area is 117 Å². The molecule has 0 radical (unpaired) electrons. The maximum absolute atomic E-state index is 11.8. The van der Waals surface area contributed by atoms with E-state index in [0.29, 0.717) is 0 Å². The minimum absolute atomic E-state index is 0.0237. The molecule has 0 atom stereocenters. The summed E-state index contributed by atoms with van der Waals surface area (Å²) in [6.45, 7) is 3.16. The molecule has 1 rings (SSSR count). The molecular weight excluding hydrogens is 284 g/mol. The van der Waals surface area contributed by atoms with E-state index >= 15 is 0 Å². The number of sulfonamides is 1. The fourth-order valence-electron chi connectivity index (χ4n) is 1.30. The highest BCUT2D eigenvalue weighted by atomic mass is 32.2. The molecule has 0 saturated carbocycles. The molecule has 1 aromatic rings. The minimum atomic E-state index is -4.02. The second-order valence-corrected chi connectivity index (χ2v) is 5.65. The van der Waals surface area contributed by atoms with Crippen LogP contribution in [0.1, 0.15) is 26.7 Å². The molecule has 0 aliphatic rings. The number of hydrogen-bond acceptors (Lipinski definition) is 5. The predicted octanol–water partition coefficient (Wildman–Crippen LogP) is 0.956.